The van der Waals surface area contributed by atoms with Crippen molar-refractivity contribution in [2.75, 3.05) is 7.11 Å². The molecule has 134 valence electrons. The summed E-state index contributed by atoms with van der Waals surface area (Å²) in [6.07, 6.45) is 7.56. The number of ether oxygens (including phenoxy) is 2. The van der Waals surface area contributed by atoms with Crippen molar-refractivity contribution >= 4 is 0 Å². The molecular weight excluding hydrogens is 314 g/mol. The molecule has 25 heavy (non-hydrogen) atoms. The van der Waals surface area contributed by atoms with Crippen molar-refractivity contribution in [1.82, 2.24) is 4.98 Å². The lowest BCUT2D eigenvalue weighted by atomic mass is 10.0. The number of nitrogens with zero attached hydrogens (tertiary/aromatic N) is 1. The Kier molecular flexibility index (Phi) is 5.92. The Bertz CT molecular complexity index is 695. The molecule has 1 atom stereocenters. The number of methoxy groups -OCH3 is 1. The van der Waals surface area contributed by atoms with Crippen LogP contribution in [-0.2, 0) is 12.8 Å². The second kappa shape index (κ2) is 8.34. The Morgan fingerprint density at radius 3 is 2.68 bits per heavy atom. The molecule has 0 spiro atoms. The summed E-state index contributed by atoms with van der Waals surface area (Å²) < 4.78 is 11.6. The summed E-state index contributed by atoms with van der Waals surface area (Å²) in [6, 6.07) is 9.73. The van der Waals surface area contributed by atoms with Crippen LogP contribution >= 0.6 is 0 Å². The molecular formula is C21H27NO3. The lowest BCUT2D eigenvalue weighted by Crippen LogP contribution is -2.12. The molecule has 1 aromatic carbocycles. The lowest BCUT2D eigenvalue weighted by molar-refractivity contribution is 0.174. The number of rotatable bonds is 7. The van der Waals surface area contributed by atoms with Crippen molar-refractivity contribution in [2.24, 2.45) is 0 Å². The number of benzene rings is 1. The van der Waals surface area contributed by atoms with Crippen molar-refractivity contribution in [3.63, 3.8) is 0 Å². The maximum atomic E-state index is 10.7. The van der Waals surface area contributed by atoms with E-state index in [1.54, 1.807) is 7.11 Å². The Labute approximate surface area is 149 Å². The van der Waals surface area contributed by atoms with Gasteiger partial charge in [-0.25, -0.2) is 0 Å². The molecule has 1 saturated carbocycles. The van der Waals surface area contributed by atoms with Crippen LogP contribution in [-0.4, -0.2) is 23.3 Å². The monoisotopic (exact) mass is 341 g/mol. The molecule has 0 saturated heterocycles. The Balaban J connectivity index is 1.75. The number of aryl methyl sites for hydroxylation is 1. The van der Waals surface area contributed by atoms with Gasteiger partial charge >= 0.3 is 0 Å². The fourth-order valence-corrected chi connectivity index (χ4v) is 3.37. The highest BCUT2D eigenvalue weighted by Gasteiger charge is 2.20. The van der Waals surface area contributed by atoms with E-state index in [4.69, 9.17) is 9.47 Å². The summed E-state index contributed by atoms with van der Waals surface area (Å²) in [7, 11) is 1.65. The molecule has 1 aliphatic carbocycles. The van der Waals surface area contributed by atoms with Crippen LogP contribution in [0, 0.1) is 0 Å². The van der Waals surface area contributed by atoms with E-state index in [1.165, 1.54) is 12.8 Å². The van der Waals surface area contributed by atoms with Gasteiger partial charge in [0.15, 0.2) is 11.5 Å². The number of aromatic nitrogens is 1. The Morgan fingerprint density at radius 1 is 1.16 bits per heavy atom. The number of hydrogen-bond donors (Lipinski definition) is 1. The SMILES string of the molecule is CCc1cc(CC(O)c2ccc(OC)c(OC3CCCC3)c2)ccn1. The number of aliphatic hydroxyl groups is 1. The molecule has 4 nitrogen and oxygen atoms in total. The van der Waals surface area contributed by atoms with Gasteiger partial charge in [0.25, 0.3) is 0 Å². The first-order chi connectivity index (χ1) is 12.2. The maximum absolute atomic E-state index is 10.7. The van der Waals surface area contributed by atoms with Crippen LogP contribution in [0.1, 0.15) is 55.5 Å². The third-order valence-corrected chi connectivity index (χ3v) is 4.84. The molecule has 1 N–H and O–H groups in total. The minimum atomic E-state index is -0.580. The van der Waals surface area contributed by atoms with Gasteiger partial charge in [0.2, 0.25) is 0 Å². The first kappa shape index (κ1) is 17.7. The van der Waals surface area contributed by atoms with Crippen molar-refractivity contribution in [2.45, 2.75) is 57.7 Å². The van der Waals surface area contributed by atoms with Gasteiger partial charge in [-0.2, -0.15) is 0 Å². The molecule has 1 fully saturated rings. The van der Waals surface area contributed by atoms with Gasteiger partial charge < -0.3 is 14.6 Å². The van der Waals surface area contributed by atoms with Gasteiger partial charge in [-0.3, -0.25) is 4.98 Å². The molecule has 1 heterocycles. The first-order valence-electron chi connectivity index (χ1n) is 9.16. The quantitative estimate of drug-likeness (QED) is 0.818. The molecule has 1 aromatic heterocycles. The fourth-order valence-electron chi connectivity index (χ4n) is 3.37. The first-order valence-corrected chi connectivity index (χ1v) is 9.16. The zero-order chi connectivity index (χ0) is 17.6. The van der Waals surface area contributed by atoms with Gasteiger partial charge in [0.1, 0.15) is 0 Å². The van der Waals surface area contributed by atoms with Crippen LogP contribution in [0.2, 0.25) is 0 Å². The number of pyridine rings is 1. The summed E-state index contributed by atoms with van der Waals surface area (Å²) in [5.74, 6) is 1.45. The Hall–Kier alpha value is -2.07. The zero-order valence-electron chi connectivity index (χ0n) is 15.1. The molecule has 1 unspecified atom stereocenters. The molecule has 1 aliphatic rings. The van der Waals surface area contributed by atoms with Crippen LogP contribution in [0.25, 0.3) is 0 Å². The largest absolute Gasteiger partial charge is 0.493 e. The van der Waals surface area contributed by atoms with E-state index in [-0.39, 0.29) is 6.10 Å². The fraction of sp³-hybridized carbons (Fsp3) is 0.476. The average molecular weight is 341 g/mol. The van der Waals surface area contributed by atoms with Crippen molar-refractivity contribution in [3.8, 4) is 11.5 Å². The highest BCUT2D eigenvalue weighted by atomic mass is 16.5. The molecule has 0 amide bonds. The minimum absolute atomic E-state index is 0.258. The third-order valence-electron chi connectivity index (χ3n) is 4.84. The summed E-state index contributed by atoms with van der Waals surface area (Å²) in [4.78, 5) is 4.31. The molecule has 0 radical (unpaired) electrons. The van der Waals surface area contributed by atoms with Crippen LogP contribution in [0.5, 0.6) is 11.5 Å². The van der Waals surface area contributed by atoms with Crippen LogP contribution in [0.4, 0.5) is 0 Å². The topological polar surface area (TPSA) is 51.6 Å². The van der Waals surface area contributed by atoms with Gasteiger partial charge in [0.05, 0.1) is 19.3 Å². The number of aliphatic hydroxyl groups excluding tert-OH is 1. The molecule has 0 aliphatic heterocycles. The van der Waals surface area contributed by atoms with Crippen molar-refractivity contribution in [3.05, 3.63) is 53.3 Å². The molecule has 0 bridgehead atoms. The standard InChI is InChI=1S/C21H27NO3/c1-3-17-12-15(10-11-22-17)13-19(23)16-8-9-20(24-2)21(14-16)25-18-6-4-5-7-18/h8-12,14,18-19,23H,3-7,13H2,1-2H3. The lowest BCUT2D eigenvalue weighted by Gasteiger charge is -2.18. The summed E-state index contributed by atoms with van der Waals surface area (Å²) in [6.45, 7) is 2.08. The predicted molar refractivity (Wildman–Crippen MR) is 98.2 cm³/mol. The van der Waals surface area contributed by atoms with E-state index >= 15 is 0 Å². The van der Waals surface area contributed by atoms with Crippen LogP contribution < -0.4 is 9.47 Å². The highest BCUT2D eigenvalue weighted by Crippen LogP contribution is 2.34. The summed E-state index contributed by atoms with van der Waals surface area (Å²) in [5, 5.41) is 10.7. The minimum Gasteiger partial charge on any atom is -0.493 e. The molecule has 4 heteroatoms. The second-order valence-electron chi connectivity index (χ2n) is 6.66. The average Bonchev–Trinajstić information content (AvgIpc) is 3.15. The molecule has 3 rings (SSSR count). The van der Waals surface area contributed by atoms with Crippen molar-refractivity contribution in [1.29, 1.82) is 0 Å². The molecule has 2 aromatic rings. The van der Waals surface area contributed by atoms with E-state index in [0.29, 0.717) is 6.42 Å². The van der Waals surface area contributed by atoms with Crippen molar-refractivity contribution < 1.29 is 14.6 Å². The highest BCUT2D eigenvalue weighted by molar-refractivity contribution is 5.44. The van der Waals surface area contributed by atoms with E-state index in [9.17, 15) is 5.11 Å². The number of hydrogen-bond acceptors (Lipinski definition) is 4. The maximum Gasteiger partial charge on any atom is 0.161 e. The zero-order valence-corrected chi connectivity index (χ0v) is 15.1. The third kappa shape index (κ3) is 4.51. The Morgan fingerprint density at radius 2 is 1.96 bits per heavy atom. The van der Waals surface area contributed by atoms with Gasteiger partial charge in [-0.15, -0.1) is 0 Å². The predicted octanol–water partition coefficient (Wildman–Crippen LogP) is 4.25. The second-order valence-corrected chi connectivity index (χ2v) is 6.66. The van der Waals surface area contributed by atoms with Gasteiger partial charge in [-0.05, 0) is 67.5 Å². The van der Waals surface area contributed by atoms with E-state index in [2.05, 4.69) is 18.0 Å². The van der Waals surface area contributed by atoms with Crippen LogP contribution in [0.3, 0.4) is 0 Å². The smallest absolute Gasteiger partial charge is 0.161 e. The summed E-state index contributed by atoms with van der Waals surface area (Å²) in [5.41, 5.74) is 2.99. The summed E-state index contributed by atoms with van der Waals surface area (Å²) >= 11 is 0. The van der Waals surface area contributed by atoms with Gasteiger partial charge in [-0.1, -0.05) is 13.0 Å². The van der Waals surface area contributed by atoms with Crippen LogP contribution in [0.15, 0.2) is 36.5 Å². The van der Waals surface area contributed by atoms with E-state index in [1.807, 2.05) is 30.5 Å². The van der Waals surface area contributed by atoms with Gasteiger partial charge in [0, 0.05) is 18.3 Å². The van der Waals surface area contributed by atoms with E-state index < -0.39 is 6.10 Å². The van der Waals surface area contributed by atoms with E-state index in [0.717, 1.165) is 47.6 Å². The normalized spacial score (nSPS) is 16.0.